The van der Waals surface area contributed by atoms with Crippen LogP contribution in [0.4, 0.5) is 5.69 Å². The van der Waals surface area contributed by atoms with E-state index in [-0.39, 0.29) is 5.69 Å². The first-order valence-corrected chi connectivity index (χ1v) is 4.80. The van der Waals surface area contributed by atoms with Crippen molar-refractivity contribution in [1.29, 1.82) is 0 Å². The van der Waals surface area contributed by atoms with Crippen LogP contribution in [-0.4, -0.2) is 10.9 Å². The molecule has 1 aromatic carbocycles. The Morgan fingerprint density at radius 2 is 1.75 bits per heavy atom. The number of hydrogen-bond donors (Lipinski definition) is 2. The van der Waals surface area contributed by atoms with Gasteiger partial charge in [0.15, 0.2) is 0 Å². The maximum absolute atomic E-state index is 11.2. The maximum Gasteiger partial charge on any atom is 0.267 e. The second-order valence-electron chi connectivity index (χ2n) is 3.35. The molecule has 4 heteroatoms. The molecule has 4 nitrogen and oxygen atoms in total. The molecule has 1 heterocycles. The van der Waals surface area contributed by atoms with Crippen LogP contribution in [0, 0.1) is 0 Å². The van der Waals surface area contributed by atoms with E-state index in [4.69, 9.17) is 11.5 Å². The van der Waals surface area contributed by atoms with Gasteiger partial charge < -0.3 is 11.5 Å². The van der Waals surface area contributed by atoms with Crippen molar-refractivity contribution in [2.24, 2.45) is 5.73 Å². The molecule has 0 atom stereocenters. The summed E-state index contributed by atoms with van der Waals surface area (Å²) in [5.74, 6) is -0.557. The van der Waals surface area contributed by atoms with Crippen LogP contribution in [0.1, 0.15) is 10.5 Å². The Balaban J connectivity index is 2.65. The highest BCUT2D eigenvalue weighted by molar-refractivity contribution is 5.99. The number of carbonyl (C=O) groups excluding carboxylic acids is 1. The molecule has 0 radical (unpaired) electrons. The third-order valence-electron chi connectivity index (χ3n) is 2.29. The zero-order valence-corrected chi connectivity index (χ0v) is 8.55. The number of pyridine rings is 1. The van der Waals surface area contributed by atoms with Crippen molar-refractivity contribution < 1.29 is 4.79 Å². The lowest BCUT2D eigenvalue weighted by molar-refractivity contribution is 0.0996. The van der Waals surface area contributed by atoms with Crippen LogP contribution in [0.5, 0.6) is 0 Å². The molecule has 0 unspecified atom stereocenters. The van der Waals surface area contributed by atoms with Gasteiger partial charge in [-0.1, -0.05) is 24.3 Å². The summed E-state index contributed by atoms with van der Waals surface area (Å²) >= 11 is 0. The van der Waals surface area contributed by atoms with E-state index >= 15 is 0 Å². The molecule has 0 spiro atoms. The van der Waals surface area contributed by atoms with Crippen molar-refractivity contribution in [3.05, 3.63) is 48.3 Å². The van der Waals surface area contributed by atoms with E-state index in [1.54, 1.807) is 18.2 Å². The monoisotopic (exact) mass is 213 g/mol. The summed E-state index contributed by atoms with van der Waals surface area (Å²) < 4.78 is 0. The lowest BCUT2D eigenvalue weighted by Crippen LogP contribution is -2.14. The van der Waals surface area contributed by atoms with Crippen molar-refractivity contribution in [1.82, 2.24) is 4.98 Å². The molecule has 4 N–H and O–H groups in total. The normalized spacial score (nSPS) is 10.0. The molecule has 0 saturated carbocycles. The fraction of sp³-hybridized carbons (Fsp3) is 0. The van der Waals surface area contributed by atoms with Gasteiger partial charge in [0.2, 0.25) is 0 Å². The number of amides is 1. The number of aromatic nitrogens is 1. The van der Waals surface area contributed by atoms with Crippen LogP contribution in [0.2, 0.25) is 0 Å². The Bertz CT molecular complexity index is 537. The minimum atomic E-state index is -0.557. The van der Waals surface area contributed by atoms with Crippen LogP contribution in [0.15, 0.2) is 42.6 Å². The molecule has 0 saturated heterocycles. The molecule has 2 rings (SSSR count). The highest BCUT2D eigenvalue weighted by atomic mass is 16.1. The van der Waals surface area contributed by atoms with E-state index in [2.05, 4.69) is 4.98 Å². The van der Waals surface area contributed by atoms with Gasteiger partial charge in [0.05, 0.1) is 0 Å². The summed E-state index contributed by atoms with van der Waals surface area (Å²) in [5, 5.41) is 0. The highest BCUT2D eigenvalue weighted by Crippen LogP contribution is 2.27. The third-order valence-corrected chi connectivity index (χ3v) is 2.29. The van der Waals surface area contributed by atoms with Crippen LogP contribution in [0.3, 0.4) is 0 Å². The summed E-state index contributed by atoms with van der Waals surface area (Å²) in [7, 11) is 0. The molecule has 2 aromatic rings. The zero-order chi connectivity index (χ0) is 11.5. The molecular formula is C12H11N3O. The molecule has 0 fully saturated rings. The molecule has 80 valence electrons. The standard InChI is InChI=1S/C12H11N3O/c13-10-6-2-1-4-8(10)9-5-3-7-15-11(9)12(14)16/h1-7H,13H2,(H2,14,16). The first-order valence-electron chi connectivity index (χ1n) is 4.80. The highest BCUT2D eigenvalue weighted by Gasteiger charge is 2.12. The summed E-state index contributed by atoms with van der Waals surface area (Å²) in [6.07, 6.45) is 1.53. The lowest BCUT2D eigenvalue weighted by atomic mass is 10.0. The Labute approximate surface area is 92.9 Å². The molecule has 16 heavy (non-hydrogen) atoms. The number of carbonyl (C=O) groups is 1. The fourth-order valence-corrected chi connectivity index (χ4v) is 1.56. The molecule has 0 bridgehead atoms. The molecule has 0 aliphatic heterocycles. The maximum atomic E-state index is 11.2. The zero-order valence-electron chi connectivity index (χ0n) is 8.55. The van der Waals surface area contributed by atoms with Crippen LogP contribution < -0.4 is 11.5 Å². The van der Waals surface area contributed by atoms with Gasteiger partial charge in [-0.3, -0.25) is 9.78 Å². The number of nitrogens with two attached hydrogens (primary N) is 2. The van der Waals surface area contributed by atoms with Crippen molar-refractivity contribution in [2.45, 2.75) is 0 Å². The van der Waals surface area contributed by atoms with E-state index in [0.717, 1.165) is 5.56 Å². The lowest BCUT2D eigenvalue weighted by Gasteiger charge is -2.07. The second-order valence-corrected chi connectivity index (χ2v) is 3.35. The number of para-hydroxylation sites is 1. The smallest absolute Gasteiger partial charge is 0.267 e. The molecule has 1 amide bonds. The van der Waals surface area contributed by atoms with Crippen LogP contribution in [0.25, 0.3) is 11.1 Å². The van der Waals surface area contributed by atoms with E-state index in [0.29, 0.717) is 11.3 Å². The second kappa shape index (κ2) is 4.02. The number of nitrogen functional groups attached to an aromatic ring is 1. The summed E-state index contributed by atoms with van der Waals surface area (Å²) in [5.41, 5.74) is 13.4. The van der Waals surface area contributed by atoms with E-state index < -0.39 is 5.91 Å². The Kier molecular flexibility index (Phi) is 2.55. The number of primary amides is 1. The van der Waals surface area contributed by atoms with Gasteiger partial charge in [0, 0.05) is 23.0 Å². The van der Waals surface area contributed by atoms with Gasteiger partial charge in [-0.2, -0.15) is 0 Å². The van der Waals surface area contributed by atoms with Crippen molar-refractivity contribution in [3.63, 3.8) is 0 Å². The third kappa shape index (κ3) is 1.72. The van der Waals surface area contributed by atoms with E-state index in [9.17, 15) is 4.79 Å². The fourth-order valence-electron chi connectivity index (χ4n) is 1.56. The number of nitrogens with zero attached hydrogens (tertiary/aromatic N) is 1. The molecular weight excluding hydrogens is 202 g/mol. The molecule has 0 aliphatic rings. The Morgan fingerprint density at radius 1 is 1.06 bits per heavy atom. The Morgan fingerprint density at radius 3 is 2.44 bits per heavy atom. The number of rotatable bonds is 2. The van der Waals surface area contributed by atoms with Crippen LogP contribution >= 0.6 is 0 Å². The summed E-state index contributed by atoms with van der Waals surface area (Å²) in [6.45, 7) is 0. The minimum absolute atomic E-state index is 0.236. The predicted octanol–water partition coefficient (Wildman–Crippen LogP) is 1.43. The van der Waals surface area contributed by atoms with Crippen molar-refractivity contribution >= 4 is 11.6 Å². The first kappa shape index (κ1) is 10.2. The van der Waals surface area contributed by atoms with E-state index in [1.807, 2.05) is 18.2 Å². The summed E-state index contributed by atoms with van der Waals surface area (Å²) in [6, 6.07) is 10.8. The van der Waals surface area contributed by atoms with Gasteiger partial charge in [-0.05, 0) is 12.1 Å². The van der Waals surface area contributed by atoms with Crippen LogP contribution in [-0.2, 0) is 0 Å². The van der Waals surface area contributed by atoms with E-state index in [1.165, 1.54) is 6.20 Å². The SMILES string of the molecule is NC(=O)c1ncccc1-c1ccccc1N. The number of benzene rings is 1. The number of anilines is 1. The van der Waals surface area contributed by atoms with Gasteiger partial charge in [-0.15, -0.1) is 0 Å². The topological polar surface area (TPSA) is 82.0 Å². The van der Waals surface area contributed by atoms with Gasteiger partial charge in [0.1, 0.15) is 5.69 Å². The Hall–Kier alpha value is -2.36. The van der Waals surface area contributed by atoms with Gasteiger partial charge in [0.25, 0.3) is 5.91 Å². The average molecular weight is 213 g/mol. The summed E-state index contributed by atoms with van der Waals surface area (Å²) in [4.78, 5) is 15.2. The van der Waals surface area contributed by atoms with Crippen molar-refractivity contribution in [3.8, 4) is 11.1 Å². The van der Waals surface area contributed by atoms with Crippen molar-refractivity contribution in [2.75, 3.05) is 5.73 Å². The largest absolute Gasteiger partial charge is 0.398 e. The average Bonchev–Trinajstić information content (AvgIpc) is 2.29. The minimum Gasteiger partial charge on any atom is -0.398 e. The predicted molar refractivity (Wildman–Crippen MR) is 62.6 cm³/mol. The molecule has 1 aromatic heterocycles. The molecule has 0 aliphatic carbocycles. The quantitative estimate of drug-likeness (QED) is 0.740. The van der Waals surface area contributed by atoms with Gasteiger partial charge in [-0.25, -0.2) is 0 Å². The first-order chi connectivity index (χ1) is 7.70. The number of hydrogen-bond acceptors (Lipinski definition) is 3. The van der Waals surface area contributed by atoms with Gasteiger partial charge >= 0.3 is 0 Å².